The van der Waals surface area contributed by atoms with Crippen LogP contribution in [0.1, 0.15) is 25.8 Å². The number of amides is 1. The molecule has 27 heavy (non-hydrogen) atoms. The number of rotatable bonds is 7. The smallest absolute Gasteiger partial charge is 0.264 e. The van der Waals surface area contributed by atoms with Gasteiger partial charge >= 0.3 is 0 Å². The lowest BCUT2D eigenvalue weighted by atomic mass is 10.1. The highest BCUT2D eigenvalue weighted by Gasteiger charge is 2.19. The normalized spacial score (nSPS) is 12.0. The Morgan fingerprint density at radius 3 is 1.85 bits per heavy atom. The van der Waals surface area contributed by atoms with E-state index in [1.807, 2.05) is 11.6 Å². The average Bonchev–Trinajstić information content (AvgIpc) is 2.54. The van der Waals surface area contributed by atoms with Gasteiger partial charge in [0.1, 0.15) is 0 Å². The van der Waals surface area contributed by atoms with E-state index in [9.17, 15) is 21.6 Å². The minimum absolute atomic E-state index is 0.0266. The number of aryl methyl sites for hydroxylation is 1. The van der Waals surface area contributed by atoms with E-state index in [1.54, 1.807) is 26.0 Å². The van der Waals surface area contributed by atoms with Crippen molar-refractivity contribution in [3.05, 3.63) is 54.1 Å². The number of nitrogens with one attached hydrogen (secondary N) is 2. The number of benzene rings is 2. The monoisotopic (exact) mass is 410 g/mol. The van der Waals surface area contributed by atoms with E-state index in [0.717, 1.165) is 5.56 Å². The zero-order valence-corrected chi connectivity index (χ0v) is 16.9. The van der Waals surface area contributed by atoms with Crippen molar-refractivity contribution in [2.75, 3.05) is 4.72 Å². The highest BCUT2D eigenvalue weighted by atomic mass is 32.2. The van der Waals surface area contributed by atoms with Gasteiger partial charge in [0.2, 0.25) is 5.91 Å². The van der Waals surface area contributed by atoms with Gasteiger partial charge in [-0.05, 0) is 49.2 Å². The molecule has 0 fully saturated rings. The molecule has 0 radical (unpaired) electrons. The molecule has 0 aliphatic rings. The van der Waals surface area contributed by atoms with Crippen LogP contribution in [0, 0.1) is 12.8 Å². The molecular formula is C18H22N2O5S2. The van der Waals surface area contributed by atoms with Crippen LogP contribution in [0.3, 0.4) is 0 Å². The van der Waals surface area contributed by atoms with Gasteiger partial charge in [0.05, 0.1) is 9.79 Å². The largest absolute Gasteiger partial charge is 0.280 e. The van der Waals surface area contributed by atoms with Gasteiger partial charge < -0.3 is 0 Å². The minimum atomic E-state index is -4.00. The van der Waals surface area contributed by atoms with E-state index in [0.29, 0.717) is 0 Å². The summed E-state index contributed by atoms with van der Waals surface area (Å²) in [6.07, 6.45) is 0.0909. The number of sulfonamides is 2. The van der Waals surface area contributed by atoms with Gasteiger partial charge in [-0.1, -0.05) is 31.5 Å². The molecule has 7 nitrogen and oxygen atoms in total. The summed E-state index contributed by atoms with van der Waals surface area (Å²) in [5, 5.41) is 0. The van der Waals surface area contributed by atoms with Crippen LogP contribution in [-0.2, 0) is 24.8 Å². The lowest BCUT2D eigenvalue weighted by Crippen LogP contribution is -2.31. The molecule has 0 aliphatic heterocycles. The molecule has 0 aromatic heterocycles. The quantitative estimate of drug-likeness (QED) is 0.729. The highest BCUT2D eigenvalue weighted by molar-refractivity contribution is 7.92. The first kappa shape index (κ1) is 20.9. The van der Waals surface area contributed by atoms with Gasteiger partial charge in [0, 0.05) is 12.1 Å². The molecule has 0 heterocycles. The molecular weight excluding hydrogens is 388 g/mol. The van der Waals surface area contributed by atoms with Gasteiger partial charge in [-0.2, -0.15) is 0 Å². The Kier molecular flexibility index (Phi) is 6.27. The van der Waals surface area contributed by atoms with Crippen molar-refractivity contribution in [3.8, 4) is 0 Å². The van der Waals surface area contributed by atoms with Gasteiger partial charge in [-0.25, -0.2) is 21.6 Å². The predicted octanol–water partition coefficient (Wildman–Crippen LogP) is 2.65. The molecule has 0 saturated carbocycles. The fourth-order valence-corrected chi connectivity index (χ4v) is 4.31. The number of hydrogen-bond donors (Lipinski definition) is 2. The van der Waals surface area contributed by atoms with Gasteiger partial charge in [0.25, 0.3) is 20.0 Å². The molecule has 0 saturated heterocycles. The van der Waals surface area contributed by atoms with E-state index in [-0.39, 0.29) is 27.8 Å². The Hall–Kier alpha value is -2.39. The number of carbonyl (C=O) groups is 1. The zero-order valence-electron chi connectivity index (χ0n) is 15.3. The van der Waals surface area contributed by atoms with Crippen LogP contribution in [0.15, 0.2) is 58.3 Å². The SMILES string of the molecule is Cc1ccc(S(=O)(=O)Nc2ccc(S(=O)(=O)NC(=O)CC(C)C)cc2)cc1. The first-order valence-electron chi connectivity index (χ1n) is 8.25. The lowest BCUT2D eigenvalue weighted by molar-refractivity contribution is -0.120. The predicted molar refractivity (Wildman–Crippen MR) is 103 cm³/mol. The zero-order chi connectivity index (χ0) is 20.2. The Bertz CT molecular complexity index is 1010. The average molecular weight is 411 g/mol. The summed E-state index contributed by atoms with van der Waals surface area (Å²) in [5.74, 6) is -0.562. The standard InChI is InChI=1S/C18H22N2O5S2/c1-13(2)12-18(21)20-27(24,25)17-10-6-15(7-11-17)19-26(22,23)16-8-4-14(3)5-9-16/h4-11,13,19H,12H2,1-3H3,(H,20,21). The molecule has 0 unspecified atom stereocenters. The van der Waals surface area contributed by atoms with E-state index in [1.165, 1.54) is 36.4 Å². The van der Waals surface area contributed by atoms with Crippen molar-refractivity contribution in [2.45, 2.75) is 37.0 Å². The van der Waals surface area contributed by atoms with E-state index in [2.05, 4.69) is 4.72 Å². The van der Waals surface area contributed by atoms with Crippen molar-refractivity contribution in [3.63, 3.8) is 0 Å². The third-order valence-electron chi connectivity index (χ3n) is 3.59. The maximum Gasteiger partial charge on any atom is 0.264 e. The molecule has 9 heteroatoms. The molecule has 2 N–H and O–H groups in total. The minimum Gasteiger partial charge on any atom is -0.280 e. The van der Waals surface area contributed by atoms with Crippen LogP contribution in [0.25, 0.3) is 0 Å². The summed E-state index contributed by atoms with van der Waals surface area (Å²) in [7, 11) is -7.78. The molecule has 0 aliphatic carbocycles. The molecule has 2 aromatic carbocycles. The van der Waals surface area contributed by atoms with Crippen molar-refractivity contribution < 1.29 is 21.6 Å². The van der Waals surface area contributed by atoms with Crippen molar-refractivity contribution in [2.24, 2.45) is 5.92 Å². The van der Waals surface area contributed by atoms with Crippen LogP contribution >= 0.6 is 0 Å². The van der Waals surface area contributed by atoms with E-state index >= 15 is 0 Å². The summed E-state index contributed by atoms with van der Waals surface area (Å²) in [6.45, 7) is 5.46. The maximum atomic E-state index is 12.4. The fraction of sp³-hybridized carbons (Fsp3) is 0.278. The second-order valence-corrected chi connectivity index (χ2v) is 9.93. The summed E-state index contributed by atoms with van der Waals surface area (Å²) >= 11 is 0. The molecule has 2 aromatic rings. The Labute approximate surface area is 159 Å². The fourth-order valence-electron chi connectivity index (χ4n) is 2.25. The van der Waals surface area contributed by atoms with Gasteiger partial charge in [-0.3, -0.25) is 9.52 Å². The second kappa shape index (κ2) is 8.10. The van der Waals surface area contributed by atoms with Crippen LogP contribution in [0.4, 0.5) is 5.69 Å². The van der Waals surface area contributed by atoms with Crippen molar-refractivity contribution in [1.82, 2.24) is 4.72 Å². The summed E-state index contributed by atoms with van der Waals surface area (Å²) in [4.78, 5) is 11.7. The number of carbonyl (C=O) groups excluding carboxylic acids is 1. The highest BCUT2D eigenvalue weighted by Crippen LogP contribution is 2.19. The molecule has 1 amide bonds. The summed E-state index contributed by atoms with van der Waals surface area (Å²) in [6, 6.07) is 11.5. The van der Waals surface area contributed by atoms with Gasteiger partial charge in [-0.15, -0.1) is 0 Å². The van der Waals surface area contributed by atoms with E-state index < -0.39 is 26.0 Å². The van der Waals surface area contributed by atoms with Crippen molar-refractivity contribution in [1.29, 1.82) is 0 Å². The molecule has 0 spiro atoms. The first-order chi connectivity index (χ1) is 12.5. The summed E-state index contributed by atoms with van der Waals surface area (Å²) < 4.78 is 53.5. The Morgan fingerprint density at radius 2 is 1.33 bits per heavy atom. The van der Waals surface area contributed by atoms with Crippen LogP contribution in [0.5, 0.6) is 0 Å². The third-order valence-corrected chi connectivity index (χ3v) is 6.38. The Balaban J connectivity index is 2.15. The molecule has 0 bridgehead atoms. The lowest BCUT2D eigenvalue weighted by Gasteiger charge is -2.11. The number of hydrogen-bond acceptors (Lipinski definition) is 5. The van der Waals surface area contributed by atoms with E-state index in [4.69, 9.17) is 0 Å². The van der Waals surface area contributed by atoms with Gasteiger partial charge in [0.15, 0.2) is 0 Å². The second-order valence-electron chi connectivity index (χ2n) is 6.57. The van der Waals surface area contributed by atoms with Crippen LogP contribution < -0.4 is 9.44 Å². The number of anilines is 1. The van der Waals surface area contributed by atoms with Crippen molar-refractivity contribution >= 4 is 31.6 Å². The maximum absolute atomic E-state index is 12.4. The third kappa shape index (κ3) is 5.80. The van der Waals surface area contributed by atoms with Crippen LogP contribution in [0.2, 0.25) is 0 Å². The topological polar surface area (TPSA) is 109 Å². The Morgan fingerprint density at radius 1 is 0.852 bits per heavy atom. The molecule has 2 rings (SSSR count). The molecule has 146 valence electrons. The summed E-state index contributed by atoms with van der Waals surface area (Å²) in [5.41, 5.74) is 1.14. The first-order valence-corrected chi connectivity index (χ1v) is 11.2. The molecule has 0 atom stereocenters. The van der Waals surface area contributed by atoms with Crippen LogP contribution in [-0.4, -0.2) is 22.7 Å².